The van der Waals surface area contributed by atoms with Crippen LogP contribution in [-0.2, 0) is 20.7 Å². The van der Waals surface area contributed by atoms with Crippen molar-refractivity contribution in [2.45, 2.75) is 6.42 Å². The van der Waals surface area contributed by atoms with Crippen LogP contribution in [0.25, 0.3) is 0 Å². The van der Waals surface area contributed by atoms with Gasteiger partial charge in [-0.3, -0.25) is 4.79 Å². The maximum atomic E-state index is 13.2. The summed E-state index contributed by atoms with van der Waals surface area (Å²) in [7, 11) is 2.41. The summed E-state index contributed by atoms with van der Waals surface area (Å²) in [6, 6.07) is 9.72. The SMILES string of the molecule is COC(=O)c1cc(NC(=O)Cc2cccc(F)c2)cc(C(=O)OC)c1. The van der Waals surface area contributed by atoms with Crippen LogP contribution in [-0.4, -0.2) is 32.1 Å². The van der Waals surface area contributed by atoms with Gasteiger partial charge in [0, 0.05) is 5.69 Å². The Morgan fingerprint density at radius 1 is 0.960 bits per heavy atom. The first kappa shape index (κ1) is 18.1. The monoisotopic (exact) mass is 345 g/mol. The molecule has 0 bridgehead atoms. The number of hydrogen-bond acceptors (Lipinski definition) is 5. The Kier molecular flexibility index (Phi) is 5.84. The van der Waals surface area contributed by atoms with Crippen molar-refractivity contribution in [3.8, 4) is 0 Å². The summed E-state index contributed by atoms with van der Waals surface area (Å²) < 4.78 is 22.4. The lowest BCUT2D eigenvalue weighted by molar-refractivity contribution is -0.115. The summed E-state index contributed by atoms with van der Waals surface area (Å²) in [5.74, 6) is -2.19. The number of rotatable bonds is 5. The van der Waals surface area contributed by atoms with Crippen LogP contribution >= 0.6 is 0 Å². The molecule has 2 aromatic rings. The Labute approximate surface area is 143 Å². The minimum atomic E-state index is -0.661. The van der Waals surface area contributed by atoms with Gasteiger partial charge in [-0.2, -0.15) is 0 Å². The molecule has 2 rings (SSSR count). The van der Waals surface area contributed by atoms with Crippen molar-refractivity contribution < 1.29 is 28.2 Å². The average Bonchev–Trinajstić information content (AvgIpc) is 2.59. The second-order valence-electron chi connectivity index (χ2n) is 5.14. The van der Waals surface area contributed by atoms with Gasteiger partial charge in [0.1, 0.15) is 5.82 Å². The van der Waals surface area contributed by atoms with Crippen LogP contribution in [0.15, 0.2) is 42.5 Å². The van der Waals surface area contributed by atoms with Crippen molar-refractivity contribution in [3.05, 3.63) is 65.0 Å². The van der Waals surface area contributed by atoms with Crippen LogP contribution in [0.5, 0.6) is 0 Å². The van der Waals surface area contributed by atoms with E-state index >= 15 is 0 Å². The molecule has 0 saturated heterocycles. The van der Waals surface area contributed by atoms with E-state index in [0.717, 1.165) is 0 Å². The minimum absolute atomic E-state index is 0.0617. The number of esters is 2. The first-order valence-corrected chi connectivity index (χ1v) is 7.29. The molecule has 7 heteroatoms. The van der Waals surface area contributed by atoms with Gasteiger partial charge in [-0.25, -0.2) is 14.0 Å². The molecule has 0 unspecified atom stereocenters. The van der Waals surface area contributed by atoms with Crippen molar-refractivity contribution in [1.82, 2.24) is 0 Å². The molecule has 130 valence electrons. The summed E-state index contributed by atoms with van der Waals surface area (Å²) >= 11 is 0. The lowest BCUT2D eigenvalue weighted by Gasteiger charge is -2.10. The van der Waals surface area contributed by atoms with E-state index in [0.29, 0.717) is 5.56 Å². The fourth-order valence-electron chi connectivity index (χ4n) is 2.21. The van der Waals surface area contributed by atoms with Crippen molar-refractivity contribution in [3.63, 3.8) is 0 Å². The molecule has 0 aliphatic rings. The third-order valence-electron chi connectivity index (χ3n) is 3.31. The Bertz CT molecular complexity index is 785. The normalized spacial score (nSPS) is 10.0. The van der Waals surface area contributed by atoms with Crippen LogP contribution in [0.2, 0.25) is 0 Å². The van der Waals surface area contributed by atoms with Crippen LogP contribution in [0.3, 0.4) is 0 Å². The van der Waals surface area contributed by atoms with E-state index in [2.05, 4.69) is 14.8 Å². The molecule has 0 aromatic heterocycles. The van der Waals surface area contributed by atoms with Gasteiger partial charge in [-0.15, -0.1) is 0 Å². The highest BCUT2D eigenvalue weighted by atomic mass is 19.1. The largest absolute Gasteiger partial charge is 0.465 e. The third-order valence-corrected chi connectivity index (χ3v) is 3.31. The quantitative estimate of drug-likeness (QED) is 0.843. The van der Waals surface area contributed by atoms with Crippen molar-refractivity contribution >= 4 is 23.5 Å². The van der Waals surface area contributed by atoms with Gasteiger partial charge in [0.15, 0.2) is 0 Å². The molecule has 0 spiro atoms. The number of amides is 1. The number of nitrogens with one attached hydrogen (secondary N) is 1. The molecule has 0 heterocycles. The number of hydrogen-bond donors (Lipinski definition) is 1. The van der Waals surface area contributed by atoms with E-state index in [1.165, 1.54) is 50.6 Å². The topological polar surface area (TPSA) is 81.7 Å². The number of benzene rings is 2. The number of anilines is 1. The number of methoxy groups -OCH3 is 2. The van der Waals surface area contributed by atoms with Crippen LogP contribution < -0.4 is 5.32 Å². The smallest absolute Gasteiger partial charge is 0.337 e. The fourth-order valence-corrected chi connectivity index (χ4v) is 2.21. The molecular weight excluding hydrogens is 329 g/mol. The minimum Gasteiger partial charge on any atom is -0.465 e. The molecule has 1 N–H and O–H groups in total. The molecule has 0 fully saturated rings. The third kappa shape index (κ3) is 4.87. The Balaban J connectivity index is 2.23. The van der Waals surface area contributed by atoms with E-state index < -0.39 is 23.7 Å². The Hall–Kier alpha value is -3.22. The maximum Gasteiger partial charge on any atom is 0.337 e. The second-order valence-corrected chi connectivity index (χ2v) is 5.14. The molecule has 6 nitrogen and oxygen atoms in total. The second kappa shape index (κ2) is 8.05. The average molecular weight is 345 g/mol. The summed E-state index contributed by atoms with van der Waals surface area (Å²) in [5, 5.41) is 2.57. The van der Waals surface area contributed by atoms with E-state index in [4.69, 9.17) is 0 Å². The maximum absolute atomic E-state index is 13.2. The molecule has 0 aliphatic carbocycles. The number of carbonyl (C=O) groups is 3. The molecule has 0 radical (unpaired) electrons. The van der Waals surface area contributed by atoms with Crippen molar-refractivity contribution in [2.75, 3.05) is 19.5 Å². The zero-order valence-electron chi connectivity index (χ0n) is 13.7. The zero-order valence-corrected chi connectivity index (χ0v) is 13.7. The van der Waals surface area contributed by atoms with Crippen molar-refractivity contribution in [2.24, 2.45) is 0 Å². The number of ether oxygens (including phenoxy) is 2. The van der Waals surface area contributed by atoms with Crippen LogP contribution in [0.1, 0.15) is 26.3 Å². The first-order chi connectivity index (χ1) is 11.9. The molecule has 0 aliphatic heterocycles. The fraction of sp³-hybridized carbons (Fsp3) is 0.167. The predicted octanol–water partition coefficient (Wildman–Crippen LogP) is 2.58. The molecule has 1 amide bonds. The molecule has 0 saturated carbocycles. The summed E-state index contributed by atoms with van der Waals surface area (Å²) in [4.78, 5) is 35.6. The zero-order chi connectivity index (χ0) is 18.4. The highest BCUT2D eigenvalue weighted by Gasteiger charge is 2.15. The van der Waals surface area contributed by atoms with Gasteiger partial charge < -0.3 is 14.8 Å². The van der Waals surface area contributed by atoms with Gasteiger partial charge in [0.05, 0.1) is 31.8 Å². The molecule has 25 heavy (non-hydrogen) atoms. The van der Waals surface area contributed by atoms with Crippen LogP contribution in [0.4, 0.5) is 10.1 Å². The lowest BCUT2D eigenvalue weighted by atomic mass is 10.1. The molecule has 0 atom stereocenters. The standard InChI is InChI=1S/C18H16FNO5/c1-24-17(22)12-8-13(18(23)25-2)10-15(9-12)20-16(21)7-11-4-3-5-14(19)6-11/h3-6,8-10H,7H2,1-2H3,(H,20,21). The van der Waals surface area contributed by atoms with Gasteiger partial charge in [-0.05, 0) is 35.9 Å². The van der Waals surface area contributed by atoms with E-state index in [1.54, 1.807) is 6.07 Å². The van der Waals surface area contributed by atoms with E-state index in [9.17, 15) is 18.8 Å². The van der Waals surface area contributed by atoms with Gasteiger partial charge in [0.2, 0.25) is 5.91 Å². The lowest BCUT2D eigenvalue weighted by Crippen LogP contribution is -2.16. The summed E-state index contributed by atoms with van der Waals surface area (Å²) in [6.07, 6.45) is -0.0617. The first-order valence-electron chi connectivity index (χ1n) is 7.29. The highest BCUT2D eigenvalue weighted by Crippen LogP contribution is 2.17. The van der Waals surface area contributed by atoms with E-state index in [1.807, 2.05) is 0 Å². The van der Waals surface area contributed by atoms with Gasteiger partial charge in [-0.1, -0.05) is 12.1 Å². The van der Waals surface area contributed by atoms with E-state index in [-0.39, 0.29) is 23.2 Å². The molecule has 2 aromatic carbocycles. The Morgan fingerprint density at radius 3 is 2.08 bits per heavy atom. The van der Waals surface area contributed by atoms with Crippen molar-refractivity contribution in [1.29, 1.82) is 0 Å². The summed E-state index contributed by atoms with van der Waals surface area (Å²) in [5.41, 5.74) is 0.900. The highest BCUT2D eigenvalue weighted by molar-refractivity contribution is 5.99. The molecular formula is C18H16FNO5. The van der Waals surface area contributed by atoms with Crippen LogP contribution in [0, 0.1) is 5.82 Å². The summed E-state index contributed by atoms with van der Waals surface area (Å²) in [6.45, 7) is 0. The Morgan fingerprint density at radius 2 is 1.56 bits per heavy atom. The van der Waals surface area contributed by atoms with Gasteiger partial charge >= 0.3 is 11.9 Å². The van der Waals surface area contributed by atoms with Gasteiger partial charge in [0.25, 0.3) is 0 Å². The number of carbonyl (C=O) groups excluding carboxylic acids is 3. The predicted molar refractivity (Wildman–Crippen MR) is 87.9 cm³/mol. The number of halogens is 1.